The molecule has 4 nitrogen and oxygen atoms in total. The summed E-state index contributed by atoms with van der Waals surface area (Å²) in [5, 5.41) is 5.03. The lowest BCUT2D eigenvalue weighted by Crippen LogP contribution is -2.26. The number of oxazole rings is 1. The van der Waals surface area contributed by atoms with Crippen LogP contribution in [0.25, 0.3) is 22.8 Å². The first-order valence-corrected chi connectivity index (χ1v) is 10.0. The van der Waals surface area contributed by atoms with E-state index < -0.39 is 0 Å². The zero-order valence-electron chi connectivity index (χ0n) is 15.5. The second kappa shape index (κ2) is 8.23. The molecule has 140 valence electrons. The van der Waals surface area contributed by atoms with Gasteiger partial charge in [-0.25, -0.2) is 4.98 Å². The third-order valence-electron chi connectivity index (χ3n) is 4.48. The smallest absolute Gasteiger partial charge is 0.252 e. The number of aryl methyl sites for hydroxylation is 1. The van der Waals surface area contributed by atoms with Crippen molar-refractivity contribution < 1.29 is 9.21 Å². The van der Waals surface area contributed by atoms with Gasteiger partial charge >= 0.3 is 0 Å². The van der Waals surface area contributed by atoms with E-state index in [0.717, 1.165) is 12.0 Å². The highest BCUT2D eigenvalue weighted by Gasteiger charge is 2.16. The Morgan fingerprint density at radius 2 is 1.89 bits per heavy atom. The zero-order valence-corrected chi connectivity index (χ0v) is 16.3. The van der Waals surface area contributed by atoms with Crippen LogP contribution in [0.3, 0.4) is 0 Å². The molecule has 0 spiro atoms. The summed E-state index contributed by atoms with van der Waals surface area (Å²) in [4.78, 5) is 18.4. The standard InChI is InChI=1S/C23H20N2O2S/c1-16-8-10-17(11-9-16)21-15-25-23(27-21)20-7-3-2-6-19(20)22(26)24-13-12-18-5-4-14-28-18/h2-11,14-15H,12-13H2,1H3,(H,24,26). The molecule has 0 bridgehead atoms. The summed E-state index contributed by atoms with van der Waals surface area (Å²) in [5.41, 5.74) is 3.40. The van der Waals surface area contributed by atoms with Crippen LogP contribution in [0.5, 0.6) is 0 Å². The fourth-order valence-corrected chi connectivity index (χ4v) is 3.68. The molecule has 0 saturated carbocycles. The van der Waals surface area contributed by atoms with Crippen molar-refractivity contribution in [3.05, 3.63) is 88.2 Å². The Morgan fingerprint density at radius 3 is 2.68 bits per heavy atom. The lowest BCUT2D eigenvalue weighted by atomic mass is 10.1. The molecule has 2 aromatic carbocycles. The van der Waals surface area contributed by atoms with Crippen molar-refractivity contribution >= 4 is 17.2 Å². The van der Waals surface area contributed by atoms with Crippen LogP contribution in [0, 0.1) is 6.92 Å². The first-order valence-electron chi connectivity index (χ1n) is 9.13. The Morgan fingerprint density at radius 1 is 1.07 bits per heavy atom. The third kappa shape index (κ3) is 4.05. The SMILES string of the molecule is Cc1ccc(-c2cnc(-c3ccccc3C(=O)NCCc3cccs3)o2)cc1. The molecule has 2 aromatic heterocycles. The second-order valence-electron chi connectivity index (χ2n) is 6.53. The molecule has 2 heterocycles. The summed E-state index contributed by atoms with van der Waals surface area (Å²) in [6.07, 6.45) is 2.52. The molecule has 1 N–H and O–H groups in total. The molecule has 4 aromatic rings. The normalized spacial score (nSPS) is 10.8. The van der Waals surface area contributed by atoms with E-state index in [1.165, 1.54) is 10.4 Å². The van der Waals surface area contributed by atoms with Gasteiger partial charge in [-0.3, -0.25) is 4.79 Å². The number of nitrogens with zero attached hydrogens (tertiary/aromatic N) is 1. The van der Waals surface area contributed by atoms with E-state index in [1.807, 2.05) is 60.8 Å². The molecule has 0 fully saturated rings. The molecule has 5 heteroatoms. The first-order chi connectivity index (χ1) is 13.7. The molecule has 0 radical (unpaired) electrons. The van der Waals surface area contributed by atoms with E-state index >= 15 is 0 Å². The molecule has 4 rings (SSSR count). The molecule has 0 saturated heterocycles. The lowest BCUT2D eigenvalue weighted by molar-refractivity contribution is 0.0954. The quantitative estimate of drug-likeness (QED) is 0.484. The number of hydrogen-bond acceptors (Lipinski definition) is 4. The number of carbonyl (C=O) groups is 1. The maximum Gasteiger partial charge on any atom is 0.252 e. The van der Waals surface area contributed by atoms with Gasteiger partial charge in [0.05, 0.1) is 11.8 Å². The van der Waals surface area contributed by atoms with E-state index in [2.05, 4.69) is 16.4 Å². The van der Waals surface area contributed by atoms with Crippen LogP contribution in [0.2, 0.25) is 0 Å². The lowest BCUT2D eigenvalue weighted by Gasteiger charge is -2.08. The van der Waals surface area contributed by atoms with E-state index in [-0.39, 0.29) is 5.91 Å². The van der Waals surface area contributed by atoms with E-state index in [1.54, 1.807) is 23.6 Å². The topological polar surface area (TPSA) is 55.1 Å². The van der Waals surface area contributed by atoms with Crippen molar-refractivity contribution in [2.24, 2.45) is 0 Å². The Balaban J connectivity index is 1.52. The highest BCUT2D eigenvalue weighted by Crippen LogP contribution is 2.28. The number of nitrogens with one attached hydrogen (secondary N) is 1. The molecule has 0 aliphatic rings. The predicted molar refractivity (Wildman–Crippen MR) is 112 cm³/mol. The minimum absolute atomic E-state index is 0.123. The maximum atomic E-state index is 12.7. The van der Waals surface area contributed by atoms with Crippen molar-refractivity contribution in [2.75, 3.05) is 6.54 Å². The number of carbonyl (C=O) groups excluding carboxylic acids is 1. The predicted octanol–water partition coefficient (Wildman–Crippen LogP) is 5.35. The second-order valence-corrected chi connectivity index (χ2v) is 7.56. The van der Waals surface area contributed by atoms with Crippen LogP contribution in [-0.2, 0) is 6.42 Å². The summed E-state index contributed by atoms with van der Waals surface area (Å²) in [6.45, 7) is 2.64. The Hall–Kier alpha value is -3.18. The molecule has 0 aliphatic carbocycles. The Bertz CT molecular complexity index is 1070. The molecular formula is C23H20N2O2S. The minimum Gasteiger partial charge on any atom is -0.436 e. The number of hydrogen-bond donors (Lipinski definition) is 1. The third-order valence-corrected chi connectivity index (χ3v) is 5.42. The minimum atomic E-state index is -0.123. The summed E-state index contributed by atoms with van der Waals surface area (Å²) < 4.78 is 5.96. The molecule has 0 unspecified atom stereocenters. The van der Waals surface area contributed by atoms with Crippen LogP contribution >= 0.6 is 11.3 Å². The molecule has 28 heavy (non-hydrogen) atoms. The van der Waals surface area contributed by atoms with Crippen LogP contribution in [0.4, 0.5) is 0 Å². The largest absolute Gasteiger partial charge is 0.436 e. The van der Waals surface area contributed by atoms with Crippen molar-refractivity contribution in [3.8, 4) is 22.8 Å². The summed E-state index contributed by atoms with van der Waals surface area (Å²) in [6, 6.07) is 19.6. The number of rotatable bonds is 6. The maximum absolute atomic E-state index is 12.7. The van der Waals surface area contributed by atoms with Gasteiger partial charge in [0.25, 0.3) is 5.91 Å². The number of amides is 1. The average Bonchev–Trinajstić information content (AvgIpc) is 3.41. The summed E-state index contributed by atoms with van der Waals surface area (Å²) in [7, 11) is 0. The van der Waals surface area contributed by atoms with Gasteiger partial charge in [0, 0.05) is 22.5 Å². The Kier molecular flexibility index (Phi) is 5.35. The fourth-order valence-electron chi connectivity index (χ4n) is 2.97. The van der Waals surface area contributed by atoms with Crippen molar-refractivity contribution in [3.63, 3.8) is 0 Å². The highest BCUT2D eigenvalue weighted by atomic mass is 32.1. The van der Waals surface area contributed by atoms with Crippen LogP contribution in [0.1, 0.15) is 20.8 Å². The highest BCUT2D eigenvalue weighted by molar-refractivity contribution is 7.09. The van der Waals surface area contributed by atoms with Gasteiger partial charge in [-0.05, 0) is 36.9 Å². The van der Waals surface area contributed by atoms with E-state index in [4.69, 9.17) is 4.42 Å². The molecule has 1 amide bonds. The number of benzene rings is 2. The van der Waals surface area contributed by atoms with Gasteiger partial charge in [0.1, 0.15) is 0 Å². The Labute approximate surface area is 167 Å². The average molecular weight is 388 g/mol. The van der Waals surface area contributed by atoms with Gasteiger partial charge in [-0.15, -0.1) is 11.3 Å². The van der Waals surface area contributed by atoms with E-state index in [9.17, 15) is 4.79 Å². The van der Waals surface area contributed by atoms with Crippen LogP contribution in [-0.4, -0.2) is 17.4 Å². The van der Waals surface area contributed by atoms with Crippen molar-refractivity contribution in [1.82, 2.24) is 10.3 Å². The van der Waals surface area contributed by atoms with Gasteiger partial charge < -0.3 is 9.73 Å². The van der Waals surface area contributed by atoms with Crippen molar-refractivity contribution in [1.29, 1.82) is 0 Å². The monoisotopic (exact) mass is 388 g/mol. The fraction of sp³-hybridized carbons (Fsp3) is 0.130. The van der Waals surface area contributed by atoms with Crippen LogP contribution < -0.4 is 5.32 Å². The zero-order chi connectivity index (χ0) is 19.3. The molecule has 0 aliphatic heterocycles. The van der Waals surface area contributed by atoms with Gasteiger partial charge in [-0.1, -0.05) is 48.0 Å². The number of thiophene rings is 1. The summed E-state index contributed by atoms with van der Waals surface area (Å²) in [5.74, 6) is 1.00. The van der Waals surface area contributed by atoms with Crippen molar-refractivity contribution in [2.45, 2.75) is 13.3 Å². The summed E-state index contributed by atoms with van der Waals surface area (Å²) >= 11 is 1.70. The van der Waals surface area contributed by atoms with Crippen LogP contribution in [0.15, 0.2) is 76.7 Å². The van der Waals surface area contributed by atoms with Gasteiger partial charge in [0.2, 0.25) is 5.89 Å². The first kappa shape index (κ1) is 18.2. The van der Waals surface area contributed by atoms with E-state index in [0.29, 0.717) is 29.3 Å². The van der Waals surface area contributed by atoms with Gasteiger partial charge in [0.15, 0.2) is 5.76 Å². The number of aromatic nitrogens is 1. The molecular weight excluding hydrogens is 368 g/mol. The molecule has 0 atom stereocenters. The van der Waals surface area contributed by atoms with Gasteiger partial charge in [-0.2, -0.15) is 0 Å².